The van der Waals surface area contributed by atoms with Crippen molar-refractivity contribution in [2.24, 2.45) is 11.7 Å². The molecular formula is C15H21N3O5S. The lowest BCUT2D eigenvalue weighted by molar-refractivity contribution is -0.158. The number of thioether (sulfide) groups is 1. The number of carbonyl (C=O) groups is 3. The molecule has 0 radical (unpaired) electrons. The van der Waals surface area contributed by atoms with Crippen molar-refractivity contribution in [3.8, 4) is 0 Å². The Morgan fingerprint density at radius 1 is 1.58 bits per heavy atom. The molecule has 132 valence electrons. The van der Waals surface area contributed by atoms with Gasteiger partial charge in [0.15, 0.2) is 0 Å². The van der Waals surface area contributed by atoms with Crippen LogP contribution >= 0.6 is 11.8 Å². The lowest BCUT2D eigenvalue weighted by atomic mass is 9.92. The molecule has 1 saturated heterocycles. The van der Waals surface area contributed by atoms with Gasteiger partial charge in [0, 0.05) is 11.4 Å². The van der Waals surface area contributed by atoms with Crippen LogP contribution in [0.5, 0.6) is 0 Å². The summed E-state index contributed by atoms with van der Waals surface area (Å²) in [5.41, 5.74) is 5.35. The van der Waals surface area contributed by atoms with Crippen LogP contribution in [-0.4, -0.2) is 70.9 Å². The summed E-state index contributed by atoms with van der Waals surface area (Å²) in [6.45, 7) is 5.37. The number of aliphatic hydroxyl groups is 1. The molecule has 0 unspecified atom stereocenters. The molecule has 24 heavy (non-hydrogen) atoms. The molecular weight excluding hydrogens is 334 g/mol. The number of fused-ring (bicyclic) bond motifs is 1. The number of amides is 2. The molecule has 0 aromatic carbocycles. The first kappa shape index (κ1) is 18.5. The number of β-lactam (4-membered cyclic amide) rings is 1. The average molecular weight is 355 g/mol. The van der Waals surface area contributed by atoms with E-state index in [2.05, 4.69) is 6.58 Å². The number of aliphatic hydroxyl groups excluding tert-OH is 1. The second kappa shape index (κ2) is 7.37. The first-order chi connectivity index (χ1) is 11.3. The summed E-state index contributed by atoms with van der Waals surface area (Å²) < 4.78 is 5.07. The maximum Gasteiger partial charge on any atom is 0.356 e. The number of rotatable bonds is 8. The van der Waals surface area contributed by atoms with E-state index >= 15 is 0 Å². The Hall–Kier alpha value is -1.84. The first-order valence-corrected chi connectivity index (χ1v) is 8.31. The highest BCUT2D eigenvalue weighted by atomic mass is 32.2. The highest BCUT2D eigenvalue weighted by molar-refractivity contribution is 8.04. The van der Waals surface area contributed by atoms with Crippen LogP contribution in [-0.2, 0) is 19.1 Å². The highest BCUT2D eigenvalue weighted by Crippen LogP contribution is 2.50. The van der Waals surface area contributed by atoms with Gasteiger partial charge in [-0.25, -0.2) is 4.79 Å². The normalized spacial score (nSPS) is 23.8. The molecule has 2 rings (SSSR count). The standard InChI is InChI=1S/C15H21N3O5S/c1-4-5-23-15(22)12-9(6-17(3)7-10(16)20)24-14-11(8(2)19)13(21)18(12)14/h4,8,11,14,19H,1,5-7H2,2-3H3,(H2,16,20)/t8-,11+,14-/m1/s1. The highest BCUT2D eigenvalue weighted by Gasteiger charge is 2.57. The van der Waals surface area contributed by atoms with Crippen molar-refractivity contribution in [2.75, 3.05) is 26.7 Å². The van der Waals surface area contributed by atoms with Gasteiger partial charge in [0.1, 0.15) is 17.7 Å². The van der Waals surface area contributed by atoms with Gasteiger partial charge in [-0.3, -0.25) is 19.4 Å². The van der Waals surface area contributed by atoms with Crippen molar-refractivity contribution in [2.45, 2.75) is 18.4 Å². The Morgan fingerprint density at radius 2 is 2.25 bits per heavy atom. The Kier molecular flexibility index (Phi) is 5.68. The summed E-state index contributed by atoms with van der Waals surface area (Å²) in [7, 11) is 1.69. The van der Waals surface area contributed by atoms with E-state index in [1.165, 1.54) is 22.7 Å². The van der Waals surface area contributed by atoms with Crippen molar-refractivity contribution in [1.29, 1.82) is 0 Å². The number of nitrogens with zero attached hydrogens (tertiary/aromatic N) is 2. The second-order valence-corrected chi connectivity index (χ2v) is 6.99. The summed E-state index contributed by atoms with van der Waals surface area (Å²) >= 11 is 1.33. The summed E-state index contributed by atoms with van der Waals surface area (Å²) in [6, 6.07) is 0. The van der Waals surface area contributed by atoms with Crippen LogP contribution in [0.4, 0.5) is 0 Å². The van der Waals surface area contributed by atoms with Gasteiger partial charge in [-0.2, -0.15) is 0 Å². The zero-order valence-corrected chi connectivity index (χ0v) is 14.4. The first-order valence-electron chi connectivity index (χ1n) is 7.43. The minimum Gasteiger partial charge on any atom is -0.457 e. The summed E-state index contributed by atoms with van der Waals surface area (Å²) in [5.74, 6) is -1.97. The average Bonchev–Trinajstić information content (AvgIpc) is 2.77. The van der Waals surface area contributed by atoms with Gasteiger partial charge in [0.2, 0.25) is 11.8 Å². The molecule has 2 heterocycles. The van der Waals surface area contributed by atoms with Crippen LogP contribution < -0.4 is 5.73 Å². The maximum absolute atomic E-state index is 12.3. The third-order valence-corrected chi connectivity index (χ3v) is 5.09. The molecule has 0 aromatic heterocycles. The van der Waals surface area contributed by atoms with Gasteiger partial charge in [-0.15, -0.1) is 11.8 Å². The molecule has 0 aromatic rings. The van der Waals surface area contributed by atoms with Crippen LogP contribution in [0.25, 0.3) is 0 Å². The fourth-order valence-corrected chi connectivity index (χ4v) is 4.41. The van der Waals surface area contributed by atoms with Gasteiger partial charge < -0.3 is 15.6 Å². The van der Waals surface area contributed by atoms with E-state index in [1.54, 1.807) is 18.9 Å². The molecule has 2 aliphatic heterocycles. The zero-order valence-electron chi connectivity index (χ0n) is 13.6. The van der Waals surface area contributed by atoms with Crippen molar-refractivity contribution >= 4 is 29.5 Å². The summed E-state index contributed by atoms with van der Waals surface area (Å²) in [4.78, 5) is 39.3. The van der Waals surface area contributed by atoms with E-state index in [1.807, 2.05) is 0 Å². The predicted octanol–water partition coefficient (Wildman–Crippen LogP) is -0.744. The van der Waals surface area contributed by atoms with E-state index in [0.717, 1.165) is 0 Å². The molecule has 8 nitrogen and oxygen atoms in total. The molecule has 0 bridgehead atoms. The fourth-order valence-electron chi connectivity index (χ4n) is 2.72. The van der Waals surface area contributed by atoms with Gasteiger partial charge in [-0.05, 0) is 14.0 Å². The van der Waals surface area contributed by atoms with E-state index in [0.29, 0.717) is 4.91 Å². The topological polar surface area (TPSA) is 113 Å². The molecule has 3 N–H and O–H groups in total. The molecule has 0 spiro atoms. The SMILES string of the molecule is C=CCOC(=O)C1=C(CN(C)CC(N)=O)S[C@@H]2[C@@H]([C@@H](C)O)C(=O)N12. The Bertz CT molecular complexity index is 604. The summed E-state index contributed by atoms with van der Waals surface area (Å²) in [6.07, 6.45) is 0.632. The van der Waals surface area contributed by atoms with Gasteiger partial charge in [-0.1, -0.05) is 12.7 Å². The van der Waals surface area contributed by atoms with E-state index < -0.39 is 23.9 Å². The van der Waals surface area contributed by atoms with Gasteiger partial charge >= 0.3 is 5.97 Å². The lowest BCUT2D eigenvalue weighted by Crippen LogP contribution is -2.60. The number of likely N-dealkylation sites (N-methyl/N-ethyl adjacent to an activating group) is 1. The number of hydrogen-bond acceptors (Lipinski definition) is 7. The number of esters is 1. The Labute approximate surface area is 144 Å². The largest absolute Gasteiger partial charge is 0.457 e. The quantitative estimate of drug-likeness (QED) is 0.335. The van der Waals surface area contributed by atoms with Crippen molar-refractivity contribution in [3.63, 3.8) is 0 Å². The zero-order chi connectivity index (χ0) is 18.0. The monoisotopic (exact) mass is 355 g/mol. The Balaban J connectivity index is 2.23. The fraction of sp³-hybridized carbons (Fsp3) is 0.533. The number of primary amides is 1. The van der Waals surface area contributed by atoms with E-state index in [4.69, 9.17) is 10.5 Å². The van der Waals surface area contributed by atoms with Crippen LogP contribution in [0.3, 0.4) is 0 Å². The van der Waals surface area contributed by atoms with Crippen molar-refractivity contribution < 1.29 is 24.2 Å². The molecule has 9 heteroatoms. The van der Waals surface area contributed by atoms with Crippen molar-refractivity contribution in [1.82, 2.24) is 9.80 Å². The lowest BCUT2D eigenvalue weighted by Gasteiger charge is -2.43. The predicted molar refractivity (Wildman–Crippen MR) is 88.3 cm³/mol. The Morgan fingerprint density at radius 3 is 2.79 bits per heavy atom. The maximum atomic E-state index is 12.3. The third kappa shape index (κ3) is 3.47. The molecule has 3 atom stereocenters. The van der Waals surface area contributed by atoms with Crippen LogP contribution in [0.1, 0.15) is 6.92 Å². The van der Waals surface area contributed by atoms with Crippen LogP contribution in [0.2, 0.25) is 0 Å². The van der Waals surface area contributed by atoms with Gasteiger partial charge in [0.25, 0.3) is 0 Å². The molecule has 0 saturated carbocycles. The summed E-state index contributed by atoms with van der Waals surface area (Å²) in [5, 5.41) is 9.43. The molecule has 0 aliphatic carbocycles. The van der Waals surface area contributed by atoms with Crippen LogP contribution in [0.15, 0.2) is 23.3 Å². The minimum absolute atomic E-state index is 0.0253. The third-order valence-electron chi connectivity index (χ3n) is 3.74. The number of carbonyl (C=O) groups excluding carboxylic acids is 3. The van der Waals surface area contributed by atoms with Crippen LogP contribution in [0, 0.1) is 5.92 Å². The molecule has 2 amide bonds. The minimum atomic E-state index is -0.806. The number of nitrogens with two attached hydrogens (primary N) is 1. The molecule has 2 aliphatic rings. The van der Waals surface area contributed by atoms with E-state index in [9.17, 15) is 19.5 Å². The second-order valence-electron chi connectivity index (χ2n) is 5.78. The number of ether oxygens (including phenoxy) is 1. The molecule has 1 fully saturated rings. The van der Waals surface area contributed by atoms with E-state index in [-0.39, 0.29) is 36.7 Å². The van der Waals surface area contributed by atoms with Crippen molar-refractivity contribution in [3.05, 3.63) is 23.3 Å². The smallest absolute Gasteiger partial charge is 0.356 e. The number of hydrogen-bond donors (Lipinski definition) is 2. The van der Waals surface area contributed by atoms with Gasteiger partial charge in [0.05, 0.1) is 18.6 Å².